The average molecular weight is 459 g/mol. The van der Waals surface area contributed by atoms with Crippen molar-refractivity contribution in [2.45, 2.75) is 6.92 Å². The molecule has 0 atom stereocenters. The molecule has 3 aromatic rings. The van der Waals surface area contributed by atoms with Crippen LogP contribution in [0.2, 0.25) is 0 Å². The van der Waals surface area contributed by atoms with Crippen LogP contribution in [0.4, 0.5) is 11.4 Å². The van der Waals surface area contributed by atoms with E-state index in [1.807, 2.05) is 11.0 Å². The molecule has 2 fully saturated rings. The maximum absolute atomic E-state index is 12.8. The first-order valence-corrected chi connectivity index (χ1v) is 12.3. The first-order chi connectivity index (χ1) is 16.6. The first-order valence-electron chi connectivity index (χ1n) is 12.3. The Hall–Kier alpha value is -3.25. The summed E-state index contributed by atoms with van der Waals surface area (Å²) in [5.74, 6) is 0.797. The minimum absolute atomic E-state index is 0.0516. The van der Waals surface area contributed by atoms with Gasteiger partial charge in [0.1, 0.15) is 5.75 Å². The maximum atomic E-state index is 12.8. The fourth-order valence-electron chi connectivity index (χ4n) is 5.01. The van der Waals surface area contributed by atoms with Gasteiger partial charge in [0.05, 0.1) is 0 Å². The van der Waals surface area contributed by atoms with E-state index in [0.717, 1.165) is 63.5 Å². The van der Waals surface area contributed by atoms with E-state index in [0.29, 0.717) is 0 Å². The lowest BCUT2D eigenvalue weighted by molar-refractivity contribution is -0.133. The van der Waals surface area contributed by atoms with Crippen LogP contribution in [0.25, 0.3) is 10.8 Å². The van der Waals surface area contributed by atoms with Gasteiger partial charge in [0.2, 0.25) is 0 Å². The number of piperazine rings is 2. The molecule has 2 aliphatic heterocycles. The van der Waals surface area contributed by atoms with E-state index in [9.17, 15) is 4.79 Å². The van der Waals surface area contributed by atoms with Crippen molar-refractivity contribution in [1.82, 2.24) is 9.80 Å². The maximum Gasteiger partial charge on any atom is 0.260 e. The van der Waals surface area contributed by atoms with Crippen molar-refractivity contribution in [3.05, 3.63) is 66.2 Å². The molecule has 0 spiro atoms. The number of para-hydroxylation sites is 1. The van der Waals surface area contributed by atoms with Crippen LogP contribution < -0.4 is 14.5 Å². The Balaban J connectivity index is 1.18. The monoisotopic (exact) mass is 458 g/mol. The van der Waals surface area contributed by atoms with E-state index in [1.165, 1.54) is 22.3 Å². The third kappa shape index (κ3) is 4.82. The number of aryl methyl sites for hydroxylation is 1. The number of hydrogen-bond acceptors (Lipinski definition) is 5. The summed E-state index contributed by atoms with van der Waals surface area (Å²) in [4.78, 5) is 21.9. The zero-order valence-electron chi connectivity index (χ0n) is 20.2. The highest BCUT2D eigenvalue weighted by molar-refractivity contribution is 5.95. The predicted molar refractivity (Wildman–Crippen MR) is 139 cm³/mol. The van der Waals surface area contributed by atoms with Crippen molar-refractivity contribution >= 4 is 28.1 Å². The molecule has 0 unspecified atom stereocenters. The highest BCUT2D eigenvalue weighted by Gasteiger charge is 2.22. The Morgan fingerprint density at radius 3 is 2.24 bits per heavy atom. The van der Waals surface area contributed by atoms with E-state index in [4.69, 9.17) is 4.74 Å². The molecule has 3 aromatic carbocycles. The van der Waals surface area contributed by atoms with Gasteiger partial charge in [-0.1, -0.05) is 30.3 Å². The topological polar surface area (TPSA) is 39.3 Å². The summed E-state index contributed by atoms with van der Waals surface area (Å²) in [6, 6.07) is 21.0. The smallest absolute Gasteiger partial charge is 0.260 e. The largest absolute Gasteiger partial charge is 0.484 e. The summed E-state index contributed by atoms with van der Waals surface area (Å²) in [7, 11) is 2.18. The number of anilines is 2. The van der Waals surface area contributed by atoms with Crippen LogP contribution in [0.5, 0.6) is 5.75 Å². The molecule has 1 amide bonds. The zero-order valence-corrected chi connectivity index (χ0v) is 20.2. The van der Waals surface area contributed by atoms with E-state index >= 15 is 0 Å². The molecular weight excluding hydrogens is 424 g/mol. The van der Waals surface area contributed by atoms with Crippen molar-refractivity contribution < 1.29 is 9.53 Å². The molecule has 178 valence electrons. The Morgan fingerprint density at radius 1 is 0.794 bits per heavy atom. The lowest BCUT2D eigenvalue weighted by Gasteiger charge is -2.36. The lowest BCUT2D eigenvalue weighted by Crippen LogP contribution is -2.50. The van der Waals surface area contributed by atoms with Gasteiger partial charge in [-0.2, -0.15) is 0 Å². The van der Waals surface area contributed by atoms with Gasteiger partial charge in [-0.05, 0) is 55.3 Å². The summed E-state index contributed by atoms with van der Waals surface area (Å²) in [6.07, 6.45) is 0. The molecule has 34 heavy (non-hydrogen) atoms. The molecule has 6 heteroatoms. The second-order valence-electron chi connectivity index (χ2n) is 9.39. The molecule has 0 aromatic heterocycles. The number of likely N-dealkylation sites (N-methyl/N-ethyl adjacent to an activating group) is 1. The number of hydrogen-bond donors (Lipinski definition) is 0. The fourth-order valence-corrected chi connectivity index (χ4v) is 5.01. The number of amides is 1. The zero-order chi connectivity index (χ0) is 23.5. The van der Waals surface area contributed by atoms with E-state index in [1.54, 1.807) is 0 Å². The second-order valence-corrected chi connectivity index (χ2v) is 9.39. The minimum atomic E-state index is 0.0516. The van der Waals surface area contributed by atoms with Crippen LogP contribution in [-0.2, 0) is 4.79 Å². The van der Waals surface area contributed by atoms with Crippen molar-refractivity contribution in [1.29, 1.82) is 0 Å². The molecule has 0 saturated carbocycles. The number of carbonyl (C=O) groups is 1. The molecule has 2 heterocycles. The Morgan fingerprint density at radius 2 is 1.47 bits per heavy atom. The minimum Gasteiger partial charge on any atom is -0.484 e. The Kier molecular flexibility index (Phi) is 6.59. The SMILES string of the molecule is Cc1ccccc1N1CCN(C(=O)COc2ccc3c(N4CCN(C)CC4)cccc3c2)CC1. The number of fused-ring (bicyclic) bond motifs is 1. The molecule has 0 N–H and O–H groups in total. The summed E-state index contributed by atoms with van der Waals surface area (Å²) >= 11 is 0. The van der Waals surface area contributed by atoms with Gasteiger partial charge in [-0.15, -0.1) is 0 Å². The molecule has 5 rings (SSSR count). The van der Waals surface area contributed by atoms with Crippen molar-refractivity contribution in [3.63, 3.8) is 0 Å². The van der Waals surface area contributed by atoms with Gasteiger partial charge < -0.3 is 24.3 Å². The second kappa shape index (κ2) is 9.94. The summed E-state index contributed by atoms with van der Waals surface area (Å²) < 4.78 is 5.93. The van der Waals surface area contributed by atoms with Crippen LogP contribution in [0.3, 0.4) is 0 Å². The van der Waals surface area contributed by atoms with Crippen LogP contribution in [-0.4, -0.2) is 81.7 Å². The number of ether oxygens (including phenoxy) is 1. The molecule has 0 aliphatic carbocycles. The number of rotatable bonds is 5. The van der Waals surface area contributed by atoms with Crippen molar-refractivity contribution in [2.24, 2.45) is 0 Å². The van der Waals surface area contributed by atoms with E-state index in [2.05, 4.69) is 83.3 Å². The molecular formula is C28H34N4O2. The summed E-state index contributed by atoms with van der Waals surface area (Å²) in [5, 5.41) is 2.38. The van der Waals surface area contributed by atoms with Crippen LogP contribution in [0.1, 0.15) is 5.56 Å². The van der Waals surface area contributed by atoms with Crippen LogP contribution in [0.15, 0.2) is 60.7 Å². The van der Waals surface area contributed by atoms with Gasteiger partial charge in [0.15, 0.2) is 6.61 Å². The Bertz CT molecular complexity index is 1150. The highest BCUT2D eigenvalue weighted by atomic mass is 16.5. The quantitative estimate of drug-likeness (QED) is 0.584. The average Bonchev–Trinajstić information content (AvgIpc) is 2.88. The normalized spacial score (nSPS) is 17.3. The van der Waals surface area contributed by atoms with E-state index < -0.39 is 0 Å². The van der Waals surface area contributed by atoms with E-state index in [-0.39, 0.29) is 12.5 Å². The lowest BCUT2D eigenvalue weighted by atomic mass is 10.1. The summed E-state index contributed by atoms with van der Waals surface area (Å²) in [6.45, 7) is 9.61. The first kappa shape index (κ1) is 22.5. The molecule has 2 saturated heterocycles. The standard InChI is InChI=1S/C28H34N4O2/c1-22-6-3-4-8-26(22)30-16-18-32(19-17-30)28(33)21-34-24-10-11-25-23(20-24)7-5-9-27(25)31-14-12-29(2)13-15-31/h3-11,20H,12-19,21H2,1-2H3. The summed E-state index contributed by atoms with van der Waals surface area (Å²) in [5.41, 5.74) is 3.82. The number of carbonyl (C=O) groups excluding carboxylic acids is 1. The number of nitrogens with zero attached hydrogens (tertiary/aromatic N) is 4. The molecule has 6 nitrogen and oxygen atoms in total. The van der Waals surface area contributed by atoms with Gasteiger partial charge in [0, 0.05) is 69.1 Å². The van der Waals surface area contributed by atoms with Crippen molar-refractivity contribution in [2.75, 3.05) is 75.8 Å². The third-order valence-corrected chi connectivity index (χ3v) is 7.12. The molecule has 2 aliphatic rings. The number of benzene rings is 3. The van der Waals surface area contributed by atoms with Crippen molar-refractivity contribution in [3.8, 4) is 5.75 Å². The molecule has 0 bridgehead atoms. The van der Waals surface area contributed by atoms with Gasteiger partial charge in [0.25, 0.3) is 5.91 Å². The predicted octanol–water partition coefficient (Wildman–Crippen LogP) is 3.63. The highest BCUT2D eigenvalue weighted by Crippen LogP contribution is 2.30. The van der Waals surface area contributed by atoms with Gasteiger partial charge in [-0.3, -0.25) is 4.79 Å². The Labute approximate surface area is 202 Å². The molecule has 0 radical (unpaired) electrons. The fraction of sp³-hybridized carbons (Fsp3) is 0.393. The van der Waals surface area contributed by atoms with Gasteiger partial charge >= 0.3 is 0 Å². The van der Waals surface area contributed by atoms with Gasteiger partial charge in [-0.25, -0.2) is 0 Å². The van der Waals surface area contributed by atoms with Crippen LogP contribution >= 0.6 is 0 Å². The third-order valence-electron chi connectivity index (χ3n) is 7.12. The van der Waals surface area contributed by atoms with Crippen LogP contribution in [0, 0.1) is 6.92 Å².